The largest absolute Gasteiger partial charge is 0.354 e. The molecule has 4 nitrogen and oxygen atoms in total. The molecule has 7 heteroatoms. The number of nitrogens with one attached hydrogen (secondary N) is 1. The molecule has 0 fully saturated rings. The van der Waals surface area contributed by atoms with E-state index in [0.29, 0.717) is 0 Å². The van der Waals surface area contributed by atoms with Gasteiger partial charge in [-0.2, -0.15) is 0 Å². The smallest absolute Gasteiger partial charge is 0.0548 e. The first-order chi connectivity index (χ1) is 34.9. The van der Waals surface area contributed by atoms with Crippen LogP contribution in [0.5, 0.6) is 0 Å². The number of para-hydroxylation sites is 3. The molecule has 0 spiro atoms. The molecule has 14 aromatic rings. The predicted molar refractivity (Wildman–Crippen MR) is 316 cm³/mol. The van der Waals surface area contributed by atoms with Gasteiger partial charge in [0.05, 0.1) is 33.5 Å². The third-order valence-corrected chi connectivity index (χ3v) is 14.8. The van der Waals surface area contributed by atoms with E-state index in [1.54, 1.807) is 0 Å². The van der Waals surface area contributed by atoms with E-state index < -0.39 is 0 Å². The summed E-state index contributed by atoms with van der Waals surface area (Å²) in [5, 5.41) is 7.40. The number of aromatic amines is 1. The molecule has 4 heterocycles. The topological polar surface area (TPSA) is 30.6 Å². The van der Waals surface area contributed by atoms with Crippen molar-refractivity contribution < 1.29 is 0 Å². The van der Waals surface area contributed by atoms with Crippen LogP contribution in [-0.2, 0) is 0 Å². The number of hydrogen-bond donors (Lipinski definition) is 1. The number of nitrogens with zero attached hydrogens (tertiary/aromatic N) is 3. The Morgan fingerprint density at radius 2 is 0.718 bits per heavy atom. The molecule has 4 aromatic heterocycles. The van der Waals surface area contributed by atoms with Gasteiger partial charge in [0.2, 0.25) is 0 Å². The van der Waals surface area contributed by atoms with Crippen LogP contribution in [-0.4, -0.2) is 18.7 Å². The summed E-state index contributed by atoms with van der Waals surface area (Å²) in [4.78, 5) is 3.58. The summed E-state index contributed by atoms with van der Waals surface area (Å²) in [6, 6.07) is 90.2. The van der Waals surface area contributed by atoms with Crippen LogP contribution in [0.4, 0.5) is 0 Å². The molecule has 10 aromatic carbocycles. The van der Waals surface area contributed by atoms with Crippen molar-refractivity contribution in [2.45, 2.75) is 0 Å². The van der Waals surface area contributed by atoms with E-state index in [1.807, 2.05) is 18.2 Å². The van der Waals surface area contributed by atoms with Crippen molar-refractivity contribution in [3.63, 3.8) is 0 Å². The molecule has 0 unspecified atom stereocenters. The van der Waals surface area contributed by atoms with Gasteiger partial charge in [-0.25, -0.2) is 0 Å². The maximum Gasteiger partial charge on any atom is 0.0548 e. The zero-order valence-corrected chi connectivity index (χ0v) is 43.6. The quantitative estimate of drug-likeness (QED) is 0.167. The van der Waals surface area contributed by atoms with Gasteiger partial charge in [0.25, 0.3) is 0 Å². The number of aromatic nitrogens is 4. The second-order valence-electron chi connectivity index (χ2n) is 17.5. The van der Waals surface area contributed by atoms with Crippen LogP contribution in [0, 0.1) is 3.57 Å². The van der Waals surface area contributed by atoms with Gasteiger partial charge in [-0.3, -0.25) is 0 Å². The molecule has 14 rings (SSSR count). The third kappa shape index (κ3) is 8.69. The van der Waals surface area contributed by atoms with Gasteiger partial charge in [-0.1, -0.05) is 165 Å². The summed E-state index contributed by atoms with van der Waals surface area (Å²) < 4.78 is 10.6. The van der Waals surface area contributed by atoms with Gasteiger partial charge in [0.15, 0.2) is 0 Å². The Bertz CT molecular complexity index is 4160. The van der Waals surface area contributed by atoms with Crippen molar-refractivity contribution in [1.29, 1.82) is 0 Å². The zero-order chi connectivity index (χ0) is 47.8. The highest BCUT2D eigenvalue weighted by molar-refractivity contribution is 14.1. The lowest BCUT2D eigenvalue weighted by molar-refractivity contribution is 1.13. The fraction of sp³-hybridized carbons (Fsp3) is 0. The molecular weight excluding hydrogens is 1110 g/mol. The van der Waals surface area contributed by atoms with Crippen LogP contribution in [0.1, 0.15) is 0 Å². The molecule has 1 N–H and O–H groups in total. The molecule has 0 aliphatic carbocycles. The van der Waals surface area contributed by atoms with Crippen LogP contribution in [0.25, 0.3) is 105 Å². The maximum absolute atomic E-state index is 3.70. The van der Waals surface area contributed by atoms with Crippen molar-refractivity contribution in [3.05, 3.63) is 267 Å². The molecule has 71 heavy (non-hydrogen) atoms. The Hall–Kier alpha value is -7.43. The minimum absolute atomic E-state index is 1.08. The fourth-order valence-electron chi connectivity index (χ4n) is 9.89. The summed E-state index contributed by atoms with van der Waals surface area (Å²) >= 11 is 9.60. The average molecular weight is 1150 g/mol. The molecular formula is C64H43Br2IN4. The summed E-state index contributed by atoms with van der Waals surface area (Å²) in [5.74, 6) is 0. The number of hydrogen-bond acceptors (Lipinski definition) is 0. The highest BCUT2D eigenvalue weighted by atomic mass is 127. The van der Waals surface area contributed by atoms with E-state index in [1.165, 1.54) is 91.8 Å². The molecule has 0 saturated carbocycles. The molecule has 340 valence electrons. The molecule has 0 atom stereocenters. The maximum atomic E-state index is 3.70. The van der Waals surface area contributed by atoms with Crippen LogP contribution in [0.2, 0.25) is 0 Å². The lowest BCUT2D eigenvalue weighted by Gasteiger charge is -2.11. The van der Waals surface area contributed by atoms with Crippen LogP contribution < -0.4 is 0 Å². The summed E-state index contributed by atoms with van der Waals surface area (Å²) in [5.41, 5.74) is 15.5. The molecule has 0 aliphatic rings. The summed E-state index contributed by atoms with van der Waals surface area (Å²) in [7, 11) is 0. The highest BCUT2D eigenvalue weighted by Crippen LogP contribution is 2.40. The fourth-order valence-corrected chi connectivity index (χ4v) is 11.0. The number of halogens is 3. The summed E-state index contributed by atoms with van der Waals surface area (Å²) in [6.07, 6.45) is 0. The average Bonchev–Trinajstić information content (AvgIpc) is 4.17. The lowest BCUT2D eigenvalue weighted by Crippen LogP contribution is -1.96. The van der Waals surface area contributed by atoms with E-state index in [-0.39, 0.29) is 0 Å². The van der Waals surface area contributed by atoms with Crippen LogP contribution in [0.15, 0.2) is 264 Å². The monoisotopic (exact) mass is 1150 g/mol. The van der Waals surface area contributed by atoms with E-state index in [4.69, 9.17) is 0 Å². The van der Waals surface area contributed by atoms with E-state index in [2.05, 4.69) is 310 Å². The second kappa shape index (κ2) is 19.4. The van der Waals surface area contributed by atoms with E-state index >= 15 is 0 Å². The molecule has 0 bridgehead atoms. The number of rotatable bonds is 5. The summed E-state index contributed by atoms with van der Waals surface area (Å²) in [6.45, 7) is 0. The molecule has 0 aliphatic heterocycles. The van der Waals surface area contributed by atoms with Crippen molar-refractivity contribution in [2.24, 2.45) is 0 Å². The first-order valence-corrected chi connectivity index (χ1v) is 26.1. The Morgan fingerprint density at radius 3 is 1.23 bits per heavy atom. The number of benzene rings is 10. The lowest BCUT2D eigenvalue weighted by atomic mass is 10.1. The molecule has 0 radical (unpaired) electrons. The van der Waals surface area contributed by atoms with Gasteiger partial charge in [-0.15, -0.1) is 0 Å². The van der Waals surface area contributed by atoms with Crippen molar-refractivity contribution in [2.75, 3.05) is 0 Å². The highest BCUT2D eigenvalue weighted by Gasteiger charge is 2.19. The minimum atomic E-state index is 1.08. The Kier molecular flexibility index (Phi) is 12.2. The van der Waals surface area contributed by atoms with Crippen LogP contribution >= 0.6 is 54.5 Å². The van der Waals surface area contributed by atoms with Crippen molar-refractivity contribution in [1.82, 2.24) is 18.7 Å². The Labute approximate surface area is 441 Å². The van der Waals surface area contributed by atoms with Crippen LogP contribution in [0.3, 0.4) is 0 Å². The normalized spacial score (nSPS) is 11.3. The minimum Gasteiger partial charge on any atom is -0.354 e. The zero-order valence-electron chi connectivity index (χ0n) is 38.2. The Morgan fingerprint density at radius 1 is 0.310 bits per heavy atom. The standard InChI is InChI=1S/C32H21BrN2.C26H17BrN2.C6H5I/c33-24-16-17-29-27(20-24)28-21-31-23(19-32(28)34(29)25-12-6-2-7-13-25)18-30(22-10-4-1-5-11-22)35(31)26-14-8-3-9-15-26;27-19-11-12-23-21(15-19)22-16-26-18(13-24(22)28-23)14-25(17-7-3-1-4-8-17)29(26)20-9-5-2-6-10-20;7-6-4-2-1-3-5-6/h1-21H;1-16,28H;1-5H. The SMILES string of the molecule is Brc1ccc2[nH]c3cc4cc(-c5ccccc5)n(-c5ccccc5)c4cc3c2c1.Brc1ccc2c(c1)c1cc3c(cc(-c4ccccc4)n3-c3ccccc3)cc1n2-c1ccccc1.Ic1ccccc1. The van der Waals surface area contributed by atoms with Gasteiger partial charge < -0.3 is 18.7 Å². The first kappa shape index (κ1) is 44.8. The molecule has 0 amide bonds. The van der Waals surface area contributed by atoms with Gasteiger partial charge >= 0.3 is 0 Å². The van der Waals surface area contributed by atoms with Crippen molar-refractivity contribution in [3.8, 4) is 39.6 Å². The third-order valence-electron chi connectivity index (χ3n) is 13.0. The van der Waals surface area contributed by atoms with Gasteiger partial charge in [0.1, 0.15) is 0 Å². The van der Waals surface area contributed by atoms with Gasteiger partial charge in [0, 0.05) is 72.9 Å². The number of H-pyrrole nitrogens is 1. The van der Waals surface area contributed by atoms with E-state index in [9.17, 15) is 0 Å². The first-order valence-electron chi connectivity index (χ1n) is 23.5. The second-order valence-corrected chi connectivity index (χ2v) is 20.5. The predicted octanol–water partition coefficient (Wildman–Crippen LogP) is 19.1. The van der Waals surface area contributed by atoms with Crippen molar-refractivity contribution >= 4 is 120 Å². The van der Waals surface area contributed by atoms with E-state index in [0.717, 1.165) is 25.7 Å². The Balaban J connectivity index is 0.000000130. The number of fused-ring (bicyclic) bond motifs is 8. The molecule has 0 saturated heterocycles. The van der Waals surface area contributed by atoms with Gasteiger partial charge in [-0.05, 0) is 155 Å².